The molecule has 4 N–H and O–H groups in total. The topological polar surface area (TPSA) is 94.9 Å². The van der Waals surface area contributed by atoms with Gasteiger partial charge in [-0.05, 0) is 12.0 Å². The van der Waals surface area contributed by atoms with E-state index in [-0.39, 0.29) is 11.7 Å². The molecule has 0 radical (unpaired) electrons. The van der Waals surface area contributed by atoms with Gasteiger partial charge in [0.15, 0.2) is 11.6 Å². The summed E-state index contributed by atoms with van der Waals surface area (Å²) in [5.41, 5.74) is 11.6. The Morgan fingerprint density at radius 2 is 1.94 bits per heavy atom. The Balaban J connectivity index is 2.75. The van der Waals surface area contributed by atoms with E-state index < -0.39 is 12.1 Å². The third kappa shape index (κ3) is 2.84. The molecule has 5 nitrogen and oxygen atoms in total. The third-order valence-corrected chi connectivity index (χ3v) is 2.76. The molecule has 0 amide bonds. The van der Waals surface area contributed by atoms with Gasteiger partial charge in [0.2, 0.25) is 0 Å². The van der Waals surface area contributed by atoms with E-state index in [2.05, 4.69) is 9.97 Å². The number of carbonyl (C=O) groups is 1. The van der Waals surface area contributed by atoms with Gasteiger partial charge < -0.3 is 11.5 Å². The SMILES string of the molecule is CCC(C)C(N)C(=O)C(N)c1ncccn1. The maximum atomic E-state index is 11.9. The first-order valence-corrected chi connectivity index (χ1v) is 5.39. The predicted octanol–water partition coefficient (Wildman–Crippen LogP) is 0.419. The average molecular weight is 222 g/mol. The molecule has 0 saturated heterocycles. The molecule has 0 spiro atoms. The summed E-state index contributed by atoms with van der Waals surface area (Å²) in [6.45, 7) is 3.92. The molecule has 1 aromatic rings. The molecule has 0 fully saturated rings. The number of nitrogens with two attached hydrogens (primary N) is 2. The van der Waals surface area contributed by atoms with Crippen LogP contribution in [0, 0.1) is 5.92 Å². The first kappa shape index (κ1) is 12.7. The number of carbonyl (C=O) groups excluding carboxylic acids is 1. The van der Waals surface area contributed by atoms with Crippen molar-refractivity contribution in [1.29, 1.82) is 0 Å². The highest BCUT2D eigenvalue weighted by Gasteiger charge is 2.27. The molecule has 3 unspecified atom stereocenters. The summed E-state index contributed by atoms with van der Waals surface area (Å²) in [5, 5.41) is 0. The highest BCUT2D eigenvalue weighted by Crippen LogP contribution is 2.13. The molecule has 0 aliphatic rings. The Hall–Kier alpha value is -1.33. The summed E-state index contributed by atoms with van der Waals surface area (Å²) in [7, 11) is 0. The normalized spacial score (nSPS) is 16.5. The van der Waals surface area contributed by atoms with Crippen LogP contribution in [0.4, 0.5) is 0 Å². The van der Waals surface area contributed by atoms with Gasteiger partial charge in [-0.25, -0.2) is 9.97 Å². The minimum Gasteiger partial charge on any atom is -0.321 e. The van der Waals surface area contributed by atoms with Crippen LogP contribution in [-0.2, 0) is 4.79 Å². The molecular weight excluding hydrogens is 204 g/mol. The van der Waals surface area contributed by atoms with Gasteiger partial charge in [0.05, 0.1) is 6.04 Å². The standard InChI is InChI=1S/C11H18N4O/c1-3-7(2)8(12)10(16)9(13)11-14-5-4-6-15-11/h4-9H,3,12-13H2,1-2H3. The van der Waals surface area contributed by atoms with Crippen molar-refractivity contribution in [2.45, 2.75) is 32.4 Å². The molecule has 1 rings (SSSR count). The van der Waals surface area contributed by atoms with Crippen molar-refractivity contribution in [2.24, 2.45) is 17.4 Å². The van der Waals surface area contributed by atoms with Crippen LogP contribution in [0.1, 0.15) is 32.1 Å². The van der Waals surface area contributed by atoms with Gasteiger partial charge in [0.1, 0.15) is 6.04 Å². The van der Waals surface area contributed by atoms with Crippen LogP contribution in [0.5, 0.6) is 0 Å². The van der Waals surface area contributed by atoms with Gasteiger partial charge in [-0.15, -0.1) is 0 Å². The molecule has 0 aliphatic carbocycles. The number of nitrogens with zero attached hydrogens (tertiary/aromatic N) is 2. The van der Waals surface area contributed by atoms with Crippen LogP contribution in [0.2, 0.25) is 0 Å². The zero-order valence-corrected chi connectivity index (χ0v) is 9.63. The number of aromatic nitrogens is 2. The average Bonchev–Trinajstić information content (AvgIpc) is 2.36. The van der Waals surface area contributed by atoms with Crippen LogP contribution < -0.4 is 11.5 Å². The smallest absolute Gasteiger partial charge is 0.174 e. The highest BCUT2D eigenvalue weighted by molar-refractivity contribution is 5.89. The molecule has 1 heterocycles. The van der Waals surface area contributed by atoms with E-state index in [0.717, 1.165) is 6.42 Å². The molecule has 0 aromatic carbocycles. The zero-order chi connectivity index (χ0) is 12.1. The van der Waals surface area contributed by atoms with Crippen molar-refractivity contribution in [3.63, 3.8) is 0 Å². The van der Waals surface area contributed by atoms with E-state index in [1.165, 1.54) is 0 Å². The molecule has 0 bridgehead atoms. The fourth-order valence-electron chi connectivity index (χ4n) is 1.34. The number of ketones is 1. The van der Waals surface area contributed by atoms with Crippen molar-refractivity contribution >= 4 is 5.78 Å². The Kier molecular flexibility index (Phi) is 4.52. The molecule has 1 aromatic heterocycles. The monoisotopic (exact) mass is 222 g/mol. The number of hydrogen-bond donors (Lipinski definition) is 2. The van der Waals surface area contributed by atoms with Crippen LogP contribution in [0.3, 0.4) is 0 Å². The molecule has 5 heteroatoms. The van der Waals surface area contributed by atoms with Crippen molar-refractivity contribution in [3.05, 3.63) is 24.3 Å². The van der Waals surface area contributed by atoms with Gasteiger partial charge in [0, 0.05) is 12.4 Å². The van der Waals surface area contributed by atoms with Crippen molar-refractivity contribution in [3.8, 4) is 0 Å². The van der Waals surface area contributed by atoms with E-state index in [1.54, 1.807) is 18.5 Å². The Bertz CT molecular complexity index is 341. The quantitative estimate of drug-likeness (QED) is 0.752. The van der Waals surface area contributed by atoms with Crippen molar-refractivity contribution < 1.29 is 4.79 Å². The second kappa shape index (κ2) is 5.67. The van der Waals surface area contributed by atoms with Gasteiger partial charge in [-0.2, -0.15) is 0 Å². The summed E-state index contributed by atoms with van der Waals surface area (Å²) < 4.78 is 0. The lowest BCUT2D eigenvalue weighted by Crippen LogP contribution is -2.42. The molecule has 0 saturated carbocycles. The summed E-state index contributed by atoms with van der Waals surface area (Å²) in [6.07, 6.45) is 3.96. The fourth-order valence-corrected chi connectivity index (χ4v) is 1.34. The lowest BCUT2D eigenvalue weighted by Gasteiger charge is -2.19. The number of rotatable bonds is 5. The van der Waals surface area contributed by atoms with Gasteiger partial charge >= 0.3 is 0 Å². The molecule has 3 atom stereocenters. The number of Topliss-reactive ketones (excluding diaryl/α,β-unsaturated/α-hetero) is 1. The minimum absolute atomic E-state index is 0.113. The zero-order valence-electron chi connectivity index (χ0n) is 9.63. The Morgan fingerprint density at radius 1 is 1.38 bits per heavy atom. The third-order valence-electron chi connectivity index (χ3n) is 2.76. The van der Waals surface area contributed by atoms with Crippen LogP contribution in [-0.4, -0.2) is 21.8 Å². The van der Waals surface area contributed by atoms with Gasteiger partial charge in [-0.1, -0.05) is 20.3 Å². The van der Waals surface area contributed by atoms with E-state index in [0.29, 0.717) is 5.82 Å². The Morgan fingerprint density at radius 3 is 2.44 bits per heavy atom. The summed E-state index contributed by atoms with van der Waals surface area (Å²) in [4.78, 5) is 19.8. The van der Waals surface area contributed by atoms with Crippen LogP contribution in [0.15, 0.2) is 18.5 Å². The lowest BCUT2D eigenvalue weighted by molar-refractivity contribution is -0.122. The summed E-state index contributed by atoms with van der Waals surface area (Å²) in [6, 6.07) is 0.295. The molecular formula is C11H18N4O. The first-order chi connectivity index (χ1) is 7.57. The predicted molar refractivity (Wildman–Crippen MR) is 61.4 cm³/mol. The maximum absolute atomic E-state index is 11.9. The largest absolute Gasteiger partial charge is 0.321 e. The minimum atomic E-state index is -0.829. The van der Waals surface area contributed by atoms with E-state index in [4.69, 9.17) is 11.5 Å². The molecule has 0 aliphatic heterocycles. The number of hydrogen-bond acceptors (Lipinski definition) is 5. The van der Waals surface area contributed by atoms with Crippen LogP contribution >= 0.6 is 0 Å². The maximum Gasteiger partial charge on any atom is 0.174 e. The molecule has 16 heavy (non-hydrogen) atoms. The first-order valence-electron chi connectivity index (χ1n) is 5.39. The van der Waals surface area contributed by atoms with Gasteiger partial charge in [-0.3, -0.25) is 4.79 Å². The van der Waals surface area contributed by atoms with E-state index >= 15 is 0 Å². The lowest BCUT2D eigenvalue weighted by atomic mass is 9.93. The second-order valence-electron chi connectivity index (χ2n) is 3.90. The second-order valence-corrected chi connectivity index (χ2v) is 3.90. The fraction of sp³-hybridized carbons (Fsp3) is 0.545. The Labute approximate surface area is 95.3 Å². The summed E-state index contributed by atoms with van der Waals surface area (Å²) in [5.74, 6) is 0.231. The van der Waals surface area contributed by atoms with Crippen molar-refractivity contribution in [1.82, 2.24) is 9.97 Å². The van der Waals surface area contributed by atoms with E-state index in [1.807, 2.05) is 13.8 Å². The van der Waals surface area contributed by atoms with E-state index in [9.17, 15) is 4.79 Å². The summed E-state index contributed by atoms with van der Waals surface area (Å²) >= 11 is 0. The van der Waals surface area contributed by atoms with Crippen molar-refractivity contribution in [2.75, 3.05) is 0 Å². The van der Waals surface area contributed by atoms with Gasteiger partial charge in [0.25, 0.3) is 0 Å². The van der Waals surface area contributed by atoms with Crippen LogP contribution in [0.25, 0.3) is 0 Å². The highest BCUT2D eigenvalue weighted by atomic mass is 16.1. The molecule has 88 valence electrons.